The Balaban J connectivity index is 2.32. The van der Waals surface area contributed by atoms with Crippen LogP contribution in [0.4, 0.5) is 0 Å². The summed E-state index contributed by atoms with van der Waals surface area (Å²) < 4.78 is 59.3. The van der Waals surface area contributed by atoms with Gasteiger partial charge in [-0.15, -0.1) is 0 Å². The minimum absolute atomic E-state index is 0.0453. The number of carbonyl (C=O) groups is 1. The van der Waals surface area contributed by atoms with Crippen molar-refractivity contribution < 1.29 is 56.2 Å². The van der Waals surface area contributed by atoms with Gasteiger partial charge in [0, 0.05) is 13.0 Å². The highest BCUT2D eigenvalue weighted by Crippen LogP contribution is 2.26. The molecule has 1 rings (SSSR count). The molecule has 0 bridgehead atoms. The van der Waals surface area contributed by atoms with Crippen molar-refractivity contribution in [1.29, 1.82) is 0 Å². The molecule has 1 aliphatic heterocycles. The molecule has 1 heterocycles. The van der Waals surface area contributed by atoms with E-state index >= 15 is 0 Å². The largest absolute Gasteiger partial charge is 0.457 e. The van der Waals surface area contributed by atoms with Crippen LogP contribution in [0.3, 0.4) is 0 Å². The van der Waals surface area contributed by atoms with E-state index in [0.717, 1.165) is 38.5 Å². The fourth-order valence-electron chi connectivity index (χ4n) is 8.68. The van der Waals surface area contributed by atoms with Gasteiger partial charge in [0.15, 0.2) is 6.29 Å². The Morgan fingerprint density at radius 1 is 0.531 bits per heavy atom. The van der Waals surface area contributed by atoms with E-state index in [2.05, 4.69) is 18.0 Å². The zero-order valence-corrected chi connectivity index (χ0v) is 41.9. The molecule has 0 saturated carbocycles. The van der Waals surface area contributed by atoms with Gasteiger partial charge < -0.3 is 34.3 Å². The smallest absolute Gasteiger partial charge is 0.397 e. The zero-order valence-electron chi connectivity index (χ0n) is 41.1. The number of rotatable bonds is 48. The fourth-order valence-corrected chi connectivity index (χ4v) is 9.18. The van der Waals surface area contributed by atoms with E-state index in [-0.39, 0.29) is 19.6 Å². The first-order valence-corrected chi connectivity index (χ1v) is 28.2. The van der Waals surface area contributed by atoms with Crippen molar-refractivity contribution in [2.45, 2.75) is 295 Å². The van der Waals surface area contributed by atoms with Crippen LogP contribution in [0.1, 0.15) is 258 Å². The van der Waals surface area contributed by atoms with Crippen LogP contribution >= 0.6 is 0 Å². The van der Waals surface area contributed by atoms with Gasteiger partial charge in [-0.2, -0.15) is 8.42 Å². The van der Waals surface area contributed by atoms with E-state index in [1.54, 1.807) is 0 Å². The van der Waals surface area contributed by atoms with Crippen LogP contribution in [0.25, 0.3) is 0 Å². The second kappa shape index (κ2) is 43.4. The molecule has 0 spiro atoms. The van der Waals surface area contributed by atoms with Crippen LogP contribution in [-0.2, 0) is 38.3 Å². The average Bonchev–Trinajstić information content (AvgIpc) is 3.27. The molecular weight excluding hydrogens is 837 g/mol. The third-order valence-corrected chi connectivity index (χ3v) is 13.2. The Hall–Kier alpha value is -0.900. The Bertz CT molecular complexity index is 1130. The minimum atomic E-state index is -5.06. The first-order chi connectivity index (χ1) is 31.1. The summed E-state index contributed by atoms with van der Waals surface area (Å²) in [6.45, 7) is 4.06. The summed E-state index contributed by atoms with van der Waals surface area (Å²) in [4.78, 5) is 12.9. The van der Waals surface area contributed by atoms with Gasteiger partial charge in [0.2, 0.25) is 0 Å². The maximum Gasteiger partial charge on any atom is 0.397 e. The highest BCUT2D eigenvalue weighted by atomic mass is 32.3. The topological polar surface area (TPSA) is 178 Å². The molecule has 1 aliphatic rings. The number of hydrogen-bond donors (Lipinski definition) is 4. The van der Waals surface area contributed by atoms with Gasteiger partial charge in [0.1, 0.15) is 30.5 Å². The predicted octanol–water partition coefficient (Wildman–Crippen LogP) is 12.4. The van der Waals surface area contributed by atoms with Crippen molar-refractivity contribution in [2.24, 2.45) is 0 Å². The van der Waals surface area contributed by atoms with Gasteiger partial charge in [-0.05, 0) is 12.8 Å². The van der Waals surface area contributed by atoms with Crippen molar-refractivity contribution >= 4 is 16.4 Å². The normalized spacial score (nSPS) is 19.6. The highest BCUT2D eigenvalue weighted by molar-refractivity contribution is 7.80. The molecule has 64 heavy (non-hydrogen) atoms. The molecule has 6 unspecified atom stereocenters. The van der Waals surface area contributed by atoms with Gasteiger partial charge in [0.05, 0.1) is 19.8 Å². The third-order valence-electron chi connectivity index (χ3n) is 12.7. The van der Waals surface area contributed by atoms with Crippen LogP contribution in [-0.4, -0.2) is 97.5 Å². The van der Waals surface area contributed by atoms with E-state index in [4.69, 9.17) is 18.9 Å². The Kier molecular flexibility index (Phi) is 41.4. The summed E-state index contributed by atoms with van der Waals surface area (Å²) >= 11 is 0. The number of esters is 1. The molecule has 0 aliphatic carbocycles. The Morgan fingerprint density at radius 3 is 1.25 bits per heavy atom. The van der Waals surface area contributed by atoms with Crippen molar-refractivity contribution in [3.63, 3.8) is 0 Å². The van der Waals surface area contributed by atoms with Gasteiger partial charge in [-0.1, -0.05) is 239 Å². The number of carbonyl (C=O) groups excluding carboxylic acids is 1. The number of aliphatic hydroxyl groups excluding tert-OH is 3. The molecule has 1 saturated heterocycles. The van der Waals surface area contributed by atoms with Crippen LogP contribution in [0, 0.1) is 0 Å². The van der Waals surface area contributed by atoms with Crippen molar-refractivity contribution in [3.8, 4) is 0 Å². The lowest BCUT2D eigenvalue weighted by atomic mass is 9.99. The molecular formula is C51H100O12S. The summed E-state index contributed by atoms with van der Waals surface area (Å²) in [5.41, 5.74) is 0. The number of aliphatic hydroxyl groups is 3. The molecule has 0 radical (unpaired) electrons. The van der Waals surface area contributed by atoms with Crippen LogP contribution in [0.2, 0.25) is 0 Å². The maximum atomic E-state index is 12.9. The van der Waals surface area contributed by atoms with E-state index in [9.17, 15) is 33.1 Å². The lowest BCUT2D eigenvalue weighted by Gasteiger charge is -2.41. The van der Waals surface area contributed by atoms with E-state index in [0.29, 0.717) is 13.0 Å². The summed E-state index contributed by atoms with van der Waals surface area (Å²) in [5.74, 6) is -0.390. The van der Waals surface area contributed by atoms with Gasteiger partial charge in [0.25, 0.3) is 0 Å². The molecule has 12 nitrogen and oxygen atoms in total. The summed E-state index contributed by atoms with van der Waals surface area (Å²) in [5, 5.41) is 30.8. The van der Waals surface area contributed by atoms with Gasteiger partial charge in [-0.25, -0.2) is 4.18 Å². The molecule has 4 N–H and O–H groups in total. The van der Waals surface area contributed by atoms with Gasteiger partial charge >= 0.3 is 16.4 Å². The monoisotopic (exact) mass is 937 g/mol. The van der Waals surface area contributed by atoms with E-state index in [1.807, 2.05) is 0 Å². The first kappa shape index (κ1) is 61.1. The predicted molar refractivity (Wildman–Crippen MR) is 258 cm³/mol. The molecule has 382 valence electrons. The Morgan fingerprint density at radius 2 is 0.891 bits per heavy atom. The molecule has 13 heteroatoms. The maximum absolute atomic E-state index is 12.9. The molecule has 1 fully saturated rings. The first-order valence-electron chi connectivity index (χ1n) is 26.8. The SMILES string of the molecule is CCCCCCCCCCCCCCCCCCCCCCC(=O)OC(COCCCCCCCCCCCCCCCCCCC)COC1OC(CO)C(O)C(OS(=O)(=O)O)C1O. The minimum Gasteiger partial charge on any atom is -0.457 e. The molecule has 0 amide bonds. The number of unbranched alkanes of at least 4 members (excludes halogenated alkanes) is 35. The van der Waals surface area contributed by atoms with E-state index in [1.165, 1.54) is 193 Å². The second-order valence-electron chi connectivity index (χ2n) is 18.8. The molecule has 0 aromatic rings. The number of hydrogen-bond acceptors (Lipinski definition) is 11. The second-order valence-corrected chi connectivity index (χ2v) is 19.9. The summed E-state index contributed by atoms with van der Waals surface area (Å²) in [7, 11) is -5.06. The highest BCUT2D eigenvalue weighted by Gasteiger charge is 2.48. The standard InChI is InChI=1S/C51H100O12S/c1-3-5-7-9-11-13-15-17-19-21-22-23-24-26-28-30-32-34-36-38-40-47(53)61-45(44-60-51-49(55)50(63-64(56,57)58)48(54)46(42-52)62-51)43-59-41-39-37-35-33-31-29-27-25-20-18-16-14-12-10-8-6-4-2/h45-46,48-52,54-55H,3-44H2,1-2H3,(H,56,57,58). The van der Waals surface area contributed by atoms with E-state index < -0.39 is 59.8 Å². The summed E-state index contributed by atoms with van der Waals surface area (Å²) in [6, 6.07) is 0. The van der Waals surface area contributed by atoms with Crippen LogP contribution in [0.5, 0.6) is 0 Å². The average molecular weight is 937 g/mol. The number of ether oxygens (including phenoxy) is 4. The summed E-state index contributed by atoms with van der Waals surface area (Å²) in [6.07, 6.45) is 38.5. The lowest BCUT2D eigenvalue weighted by Crippen LogP contribution is -2.60. The van der Waals surface area contributed by atoms with Crippen molar-refractivity contribution in [3.05, 3.63) is 0 Å². The van der Waals surface area contributed by atoms with Crippen LogP contribution in [0.15, 0.2) is 0 Å². The Labute approximate surface area is 392 Å². The molecule has 0 aromatic heterocycles. The van der Waals surface area contributed by atoms with Crippen molar-refractivity contribution in [1.82, 2.24) is 0 Å². The van der Waals surface area contributed by atoms with Crippen molar-refractivity contribution in [2.75, 3.05) is 26.4 Å². The fraction of sp³-hybridized carbons (Fsp3) is 0.980. The lowest BCUT2D eigenvalue weighted by molar-refractivity contribution is -0.301. The van der Waals surface area contributed by atoms with Crippen LogP contribution < -0.4 is 0 Å². The zero-order chi connectivity index (χ0) is 46.8. The quantitative estimate of drug-likeness (QED) is 0.0258. The molecule has 0 aromatic carbocycles. The van der Waals surface area contributed by atoms with Gasteiger partial charge in [-0.3, -0.25) is 9.35 Å². The molecule has 6 atom stereocenters. The third kappa shape index (κ3) is 36.2.